The molecule has 2 aromatic heterocycles. The Morgan fingerprint density at radius 2 is 2.11 bits per heavy atom. The number of piperazine rings is 1. The van der Waals surface area contributed by atoms with Crippen LogP contribution >= 0.6 is 22.9 Å². The molecule has 0 saturated carbocycles. The fourth-order valence-electron chi connectivity index (χ4n) is 3.24. The first-order chi connectivity index (χ1) is 13.6. The third kappa shape index (κ3) is 4.06. The summed E-state index contributed by atoms with van der Waals surface area (Å²) in [6.45, 7) is 3.68. The molecule has 1 amide bonds. The molecular formula is C20H20ClN3O3S. The van der Waals surface area contributed by atoms with Gasteiger partial charge in [0, 0.05) is 36.6 Å². The molecule has 1 saturated heterocycles. The number of benzene rings is 1. The fourth-order valence-corrected chi connectivity index (χ4v) is 4.24. The third-order valence-corrected chi connectivity index (χ3v) is 5.80. The topological polar surface area (TPSA) is 58.8 Å². The summed E-state index contributed by atoms with van der Waals surface area (Å²) in [4.78, 5) is 21.7. The molecule has 1 aliphatic rings. The summed E-state index contributed by atoms with van der Waals surface area (Å²) < 4.78 is 10.7. The Bertz CT molecular complexity index is 950. The molecule has 0 radical (unpaired) electrons. The maximum atomic E-state index is 12.9. The highest BCUT2D eigenvalue weighted by molar-refractivity contribution is 7.09. The van der Waals surface area contributed by atoms with Crippen LogP contribution in [0.2, 0.25) is 5.02 Å². The lowest BCUT2D eigenvalue weighted by atomic mass is 10.1. The van der Waals surface area contributed by atoms with E-state index in [1.54, 1.807) is 42.9 Å². The number of hydrogen-bond acceptors (Lipinski definition) is 6. The van der Waals surface area contributed by atoms with E-state index in [-0.39, 0.29) is 5.91 Å². The SMILES string of the molecule is COc1ccc(Cl)cc1C(=O)N1CCN(Cc2nc(-c3ccco3)cs2)CC1. The maximum absolute atomic E-state index is 12.9. The van der Waals surface area contributed by atoms with Crippen LogP contribution < -0.4 is 4.74 Å². The first kappa shape index (κ1) is 19.0. The lowest BCUT2D eigenvalue weighted by molar-refractivity contribution is 0.0625. The lowest BCUT2D eigenvalue weighted by Crippen LogP contribution is -2.48. The molecule has 0 aliphatic carbocycles. The minimum absolute atomic E-state index is 0.0478. The van der Waals surface area contributed by atoms with E-state index in [1.807, 2.05) is 22.4 Å². The number of aromatic nitrogens is 1. The average Bonchev–Trinajstić information content (AvgIpc) is 3.40. The predicted molar refractivity (Wildman–Crippen MR) is 109 cm³/mol. The van der Waals surface area contributed by atoms with Crippen molar-refractivity contribution in [2.24, 2.45) is 0 Å². The van der Waals surface area contributed by atoms with Crippen LogP contribution in [0.5, 0.6) is 5.75 Å². The Balaban J connectivity index is 1.36. The van der Waals surface area contributed by atoms with Crippen molar-refractivity contribution < 1.29 is 13.9 Å². The molecule has 0 bridgehead atoms. The second-order valence-corrected chi connectivity index (χ2v) is 7.90. The summed E-state index contributed by atoms with van der Waals surface area (Å²) in [6, 6.07) is 8.89. The van der Waals surface area contributed by atoms with Crippen LogP contribution in [0, 0.1) is 0 Å². The van der Waals surface area contributed by atoms with Crippen molar-refractivity contribution in [2.45, 2.75) is 6.54 Å². The van der Waals surface area contributed by atoms with Crippen molar-refractivity contribution in [3.63, 3.8) is 0 Å². The van der Waals surface area contributed by atoms with Gasteiger partial charge < -0.3 is 14.1 Å². The summed E-state index contributed by atoms with van der Waals surface area (Å²) in [5.41, 5.74) is 1.37. The second kappa shape index (κ2) is 8.34. The number of thiazole rings is 1. The van der Waals surface area contributed by atoms with Crippen LogP contribution in [0.1, 0.15) is 15.4 Å². The average molecular weight is 418 g/mol. The Kier molecular flexibility index (Phi) is 5.66. The van der Waals surface area contributed by atoms with Gasteiger partial charge in [-0.25, -0.2) is 4.98 Å². The number of rotatable bonds is 5. The van der Waals surface area contributed by atoms with E-state index in [4.69, 9.17) is 20.8 Å². The summed E-state index contributed by atoms with van der Waals surface area (Å²) in [6.07, 6.45) is 1.65. The number of hydrogen-bond donors (Lipinski definition) is 0. The fraction of sp³-hybridized carbons (Fsp3) is 0.300. The number of halogens is 1. The van der Waals surface area contributed by atoms with Gasteiger partial charge in [0.1, 0.15) is 16.5 Å². The molecule has 3 heterocycles. The smallest absolute Gasteiger partial charge is 0.257 e. The number of carbonyl (C=O) groups excluding carboxylic acids is 1. The van der Waals surface area contributed by atoms with E-state index in [0.717, 1.165) is 36.1 Å². The molecule has 1 aliphatic heterocycles. The van der Waals surface area contributed by atoms with E-state index in [9.17, 15) is 4.79 Å². The van der Waals surface area contributed by atoms with E-state index in [0.29, 0.717) is 29.4 Å². The molecule has 146 valence electrons. The van der Waals surface area contributed by atoms with Crippen molar-refractivity contribution in [1.29, 1.82) is 0 Å². The molecule has 0 atom stereocenters. The van der Waals surface area contributed by atoms with Crippen LogP contribution in [0.15, 0.2) is 46.4 Å². The highest BCUT2D eigenvalue weighted by Crippen LogP contribution is 2.26. The Labute approximate surface area is 172 Å². The van der Waals surface area contributed by atoms with E-state index in [1.165, 1.54) is 0 Å². The minimum atomic E-state index is -0.0478. The standard InChI is InChI=1S/C20H20ClN3O3S/c1-26-17-5-4-14(21)11-15(17)20(25)24-8-6-23(7-9-24)12-19-22-16(13-28-19)18-3-2-10-27-18/h2-5,10-11,13H,6-9,12H2,1H3. The zero-order valence-corrected chi connectivity index (χ0v) is 17.0. The normalized spacial score (nSPS) is 15.0. The van der Waals surface area contributed by atoms with Crippen molar-refractivity contribution in [2.75, 3.05) is 33.3 Å². The number of nitrogens with zero attached hydrogens (tertiary/aromatic N) is 3. The Hall–Kier alpha value is -2.35. The highest BCUT2D eigenvalue weighted by Gasteiger charge is 2.25. The molecule has 0 unspecified atom stereocenters. The van der Waals surface area contributed by atoms with Crippen LogP contribution in [-0.4, -0.2) is 54.0 Å². The molecule has 28 heavy (non-hydrogen) atoms. The van der Waals surface area contributed by atoms with Crippen molar-refractivity contribution in [3.05, 3.63) is 57.6 Å². The number of furan rings is 1. The molecule has 3 aromatic rings. The molecule has 8 heteroatoms. The molecule has 0 spiro atoms. The van der Waals surface area contributed by atoms with Gasteiger partial charge in [0.15, 0.2) is 5.76 Å². The van der Waals surface area contributed by atoms with Gasteiger partial charge in [-0.3, -0.25) is 9.69 Å². The van der Waals surface area contributed by atoms with Gasteiger partial charge >= 0.3 is 0 Å². The minimum Gasteiger partial charge on any atom is -0.496 e. The van der Waals surface area contributed by atoms with Gasteiger partial charge in [0.25, 0.3) is 5.91 Å². The molecule has 0 N–H and O–H groups in total. The Morgan fingerprint density at radius 1 is 1.29 bits per heavy atom. The second-order valence-electron chi connectivity index (χ2n) is 6.52. The van der Waals surface area contributed by atoms with E-state index < -0.39 is 0 Å². The van der Waals surface area contributed by atoms with Crippen LogP contribution in [0.4, 0.5) is 0 Å². The Morgan fingerprint density at radius 3 is 2.82 bits per heavy atom. The first-order valence-electron chi connectivity index (χ1n) is 8.97. The first-order valence-corrected chi connectivity index (χ1v) is 10.2. The third-order valence-electron chi connectivity index (χ3n) is 4.74. The molecular weight excluding hydrogens is 398 g/mol. The predicted octanol–water partition coefficient (Wildman–Crippen LogP) is 4.02. The van der Waals surface area contributed by atoms with Gasteiger partial charge in [-0.05, 0) is 30.3 Å². The zero-order chi connectivity index (χ0) is 19.5. The quantitative estimate of drug-likeness (QED) is 0.627. The van der Waals surface area contributed by atoms with Gasteiger partial charge in [-0.15, -0.1) is 11.3 Å². The largest absolute Gasteiger partial charge is 0.496 e. The lowest BCUT2D eigenvalue weighted by Gasteiger charge is -2.34. The van der Waals surface area contributed by atoms with Crippen molar-refractivity contribution in [1.82, 2.24) is 14.8 Å². The zero-order valence-electron chi connectivity index (χ0n) is 15.4. The summed E-state index contributed by atoms with van der Waals surface area (Å²) in [5, 5.41) is 3.58. The van der Waals surface area contributed by atoms with Gasteiger partial charge in [-0.2, -0.15) is 0 Å². The van der Waals surface area contributed by atoms with E-state index in [2.05, 4.69) is 9.88 Å². The molecule has 6 nitrogen and oxygen atoms in total. The maximum Gasteiger partial charge on any atom is 0.257 e. The molecule has 1 aromatic carbocycles. The van der Waals surface area contributed by atoms with Crippen LogP contribution in [0.25, 0.3) is 11.5 Å². The number of methoxy groups -OCH3 is 1. The highest BCUT2D eigenvalue weighted by atomic mass is 35.5. The van der Waals surface area contributed by atoms with Gasteiger partial charge in [0.05, 0.1) is 25.5 Å². The van der Waals surface area contributed by atoms with Crippen LogP contribution in [-0.2, 0) is 6.54 Å². The molecule has 4 rings (SSSR count). The summed E-state index contributed by atoms with van der Waals surface area (Å²) in [5.74, 6) is 1.28. The van der Waals surface area contributed by atoms with Gasteiger partial charge in [0.2, 0.25) is 0 Å². The van der Waals surface area contributed by atoms with E-state index >= 15 is 0 Å². The van der Waals surface area contributed by atoms with Crippen molar-refractivity contribution in [3.8, 4) is 17.2 Å². The van der Waals surface area contributed by atoms with Crippen LogP contribution in [0.3, 0.4) is 0 Å². The monoisotopic (exact) mass is 417 g/mol. The number of ether oxygens (including phenoxy) is 1. The summed E-state index contributed by atoms with van der Waals surface area (Å²) in [7, 11) is 1.56. The number of amides is 1. The van der Waals surface area contributed by atoms with Crippen molar-refractivity contribution >= 4 is 28.8 Å². The number of carbonyl (C=O) groups is 1. The molecule has 1 fully saturated rings. The summed E-state index contributed by atoms with van der Waals surface area (Å²) >= 11 is 7.69. The van der Waals surface area contributed by atoms with Gasteiger partial charge in [-0.1, -0.05) is 11.6 Å².